The third-order valence-electron chi connectivity index (χ3n) is 3.34. The van der Waals surface area contributed by atoms with Gasteiger partial charge in [0.25, 0.3) is 0 Å². The summed E-state index contributed by atoms with van der Waals surface area (Å²) in [5.41, 5.74) is 0. The Balaban J connectivity index is 1.97. The molecule has 0 saturated carbocycles. The molecule has 1 saturated heterocycles. The van der Waals surface area contributed by atoms with Gasteiger partial charge in [-0.3, -0.25) is 4.90 Å². The van der Waals surface area contributed by atoms with Crippen molar-refractivity contribution in [1.29, 1.82) is 0 Å². The SMILES string of the molecule is C[C@@H]1CN(CCS(=O)(=O)c2ccc(Br)cc2)C[C@@H](C)O1. The molecule has 0 spiro atoms. The molecule has 1 aromatic rings. The van der Waals surface area contributed by atoms with Gasteiger partial charge in [-0.1, -0.05) is 15.9 Å². The van der Waals surface area contributed by atoms with Crippen molar-refractivity contribution in [3.05, 3.63) is 28.7 Å². The zero-order valence-electron chi connectivity index (χ0n) is 11.8. The predicted molar refractivity (Wildman–Crippen MR) is 82.6 cm³/mol. The van der Waals surface area contributed by atoms with Gasteiger partial charge in [0.05, 0.1) is 22.9 Å². The Morgan fingerprint density at radius 1 is 1.20 bits per heavy atom. The third-order valence-corrected chi connectivity index (χ3v) is 5.58. The van der Waals surface area contributed by atoms with Crippen molar-refractivity contribution in [1.82, 2.24) is 4.90 Å². The van der Waals surface area contributed by atoms with Crippen molar-refractivity contribution in [2.45, 2.75) is 31.0 Å². The third kappa shape index (κ3) is 4.28. The molecule has 1 heterocycles. The van der Waals surface area contributed by atoms with E-state index in [9.17, 15) is 8.42 Å². The summed E-state index contributed by atoms with van der Waals surface area (Å²) in [5.74, 6) is 0.147. The number of sulfone groups is 1. The van der Waals surface area contributed by atoms with Crippen LogP contribution >= 0.6 is 15.9 Å². The molecule has 1 fully saturated rings. The van der Waals surface area contributed by atoms with Crippen molar-refractivity contribution in [3.63, 3.8) is 0 Å². The first-order valence-corrected chi connectivity index (χ1v) is 9.17. The van der Waals surface area contributed by atoms with Gasteiger partial charge in [0.15, 0.2) is 9.84 Å². The normalized spacial score (nSPS) is 24.8. The number of nitrogens with zero attached hydrogens (tertiary/aromatic N) is 1. The van der Waals surface area contributed by atoms with Crippen LogP contribution in [0.25, 0.3) is 0 Å². The van der Waals surface area contributed by atoms with Crippen LogP contribution < -0.4 is 0 Å². The molecule has 0 radical (unpaired) electrons. The highest BCUT2D eigenvalue weighted by Gasteiger charge is 2.24. The van der Waals surface area contributed by atoms with Crippen molar-refractivity contribution in [2.75, 3.05) is 25.4 Å². The number of benzene rings is 1. The first kappa shape index (κ1) is 15.9. The van der Waals surface area contributed by atoms with Crippen molar-refractivity contribution >= 4 is 25.8 Å². The standard InChI is InChI=1S/C14H20BrNO3S/c1-11-9-16(10-12(2)19-11)7-8-20(17,18)14-5-3-13(15)4-6-14/h3-6,11-12H,7-10H2,1-2H3/t11-,12-/m1/s1. The summed E-state index contributed by atoms with van der Waals surface area (Å²) in [7, 11) is -3.21. The van der Waals surface area contributed by atoms with E-state index in [0.717, 1.165) is 17.6 Å². The lowest BCUT2D eigenvalue weighted by Crippen LogP contribution is -2.46. The van der Waals surface area contributed by atoms with Crippen LogP contribution in [0.3, 0.4) is 0 Å². The molecule has 6 heteroatoms. The summed E-state index contributed by atoms with van der Waals surface area (Å²) in [6.45, 7) is 6.18. The maximum absolute atomic E-state index is 12.3. The van der Waals surface area contributed by atoms with Crippen LogP contribution in [0, 0.1) is 0 Å². The molecule has 0 aliphatic carbocycles. The van der Waals surface area contributed by atoms with Crippen LogP contribution in [0.5, 0.6) is 0 Å². The van der Waals surface area contributed by atoms with E-state index in [4.69, 9.17) is 4.74 Å². The molecule has 0 bridgehead atoms. The monoisotopic (exact) mass is 361 g/mol. The predicted octanol–water partition coefficient (Wildman–Crippen LogP) is 2.33. The van der Waals surface area contributed by atoms with Crippen LogP contribution in [-0.2, 0) is 14.6 Å². The molecule has 0 aromatic heterocycles. The van der Waals surface area contributed by atoms with Gasteiger partial charge < -0.3 is 4.74 Å². The van der Waals surface area contributed by atoms with Crippen LogP contribution in [-0.4, -0.2) is 50.9 Å². The van der Waals surface area contributed by atoms with Gasteiger partial charge >= 0.3 is 0 Å². The zero-order chi connectivity index (χ0) is 14.8. The minimum absolute atomic E-state index is 0.147. The van der Waals surface area contributed by atoms with E-state index in [1.165, 1.54) is 0 Å². The van der Waals surface area contributed by atoms with E-state index in [0.29, 0.717) is 11.4 Å². The van der Waals surface area contributed by atoms with Crippen molar-refractivity contribution in [2.24, 2.45) is 0 Å². The smallest absolute Gasteiger partial charge is 0.179 e. The number of halogens is 1. The first-order chi connectivity index (χ1) is 9.37. The van der Waals surface area contributed by atoms with Gasteiger partial charge in [-0.05, 0) is 38.1 Å². The average Bonchev–Trinajstić information content (AvgIpc) is 2.36. The van der Waals surface area contributed by atoms with Crippen molar-refractivity contribution < 1.29 is 13.2 Å². The van der Waals surface area contributed by atoms with Gasteiger partial charge in [-0.15, -0.1) is 0 Å². The van der Waals surface area contributed by atoms with E-state index in [2.05, 4.69) is 20.8 Å². The Morgan fingerprint density at radius 3 is 2.30 bits per heavy atom. The highest BCUT2D eigenvalue weighted by molar-refractivity contribution is 9.10. The van der Waals surface area contributed by atoms with Gasteiger partial charge in [0.2, 0.25) is 0 Å². The number of rotatable bonds is 4. The Labute approximate surface area is 129 Å². The average molecular weight is 362 g/mol. The van der Waals surface area contributed by atoms with Gasteiger partial charge in [0, 0.05) is 24.1 Å². The highest BCUT2D eigenvalue weighted by Crippen LogP contribution is 2.17. The molecule has 2 rings (SSSR count). The summed E-state index contributed by atoms with van der Waals surface area (Å²) in [6.07, 6.45) is 0.322. The van der Waals surface area contributed by atoms with Crippen molar-refractivity contribution in [3.8, 4) is 0 Å². The number of ether oxygens (including phenoxy) is 1. The lowest BCUT2D eigenvalue weighted by atomic mass is 10.2. The lowest BCUT2D eigenvalue weighted by molar-refractivity contribution is -0.0662. The van der Waals surface area contributed by atoms with Gasteiger partial charge in [-0.25, -0.2) is 8.42 Å². The van der Waals surface area contributed by atoms with Gasteiger partial charge in [-0.2, -0.15) is 0 Å². The van der Waals surface area contributed by atoms with E-state index < -0.39 is 9.84 Å². The van der Waals surface area contributed by atoms with Gasteiger partial charge in [0.1, 0.15) is 0 Å². The fourth-order valence-electron chi connectivity index (χ4n) is 2.48. The number of morpholine rings is 1. The van der Waals surface area contributed by atoms with Crippen LogP contribution in [0.1, 0.15) is 13.8 Å². The first-order valence-electron chi connectivity index (χ1n) is 6.73. The quantitative estimate of drug-likeness (QED) is 0.825. The molecule has 0 amide bonds. The lowest BCUT2D eigenvalue weighted by Gasteiger charge is -2.35. The van der Waals surface area contributed by atoms with Crippen LogP contribution in [0.2, 0.25) is 0 Å². The Hall–Kier alpha value is -0.430. The van der Waals surface area contributed by atoms with Crippen LogP contribution in [0.15, 0.2) is 33.6 Å². The molecule has 20 heavy (non-hydrogen) atoms. The summed E-state index contributed by atoms with van der Waals surface area (Å²) >= 11 is 3.31. The number of hydrogen-bond acceptors (Lipinski definition) is 4. The Bertz CT molecular complexity index is 534. The molecule has 2 atom stereocenters. The minimum Gasteiger partial charge on any atom is -0.373 e. The second-order valence-corrected chi connectivity index (χ2v) is 8.31. The fourth-order valence-corrected chi connectivity index (χ4v) is 4.03. The molecular weight excluding hydrogens is 342 g/mol. The topological polar surface area (TPSA) is 46.6 Å². The molecule has 0 N–H and O–H groups in total. The summed E-state index contributed by atoms with van der Waals surface area (Å²) in [6, 6.07) is 6.80. The molecular formula is C14H20BrNO3S. The molecule has 4 nitrogen and oxygen atoms in total. The molecule has 1 aromatic carbocycles. The summed E-state index contributed by atoms with van der Waals surface area (Å²) in [4.78, 5) is 2.55. The minimum atomic E-state index is -3.21. The molecule has 112 valence electrons. The van der Waals surface area contributed by atoms with E-state index in [1.54, 1.807) is 24.3 Å². The number of hydrogen-bond donors (Lipinski definition) is 0. The van der Waals surface area contributed by atoms with E-state index in [-0.39, 0.29) is 18.0 Å². The molecule has 0 unspecified atom stereocenters. The van der Waals surface area contributed by atoms with Crippen LogP contribution in [0.4, 0.5) is 0 Å². The zero-order valence-corrected chi connectivity index (χ0v) is 14.2. The van der Waals surface area contributed by atoms with E-state index in [1.807, 2.05) is 13.8 Å². The molecule has 1 aliphatic rings. The second-order valence-electron chi connectivity index (χ2n) is 5.29. The second kappa shape index (κ2) is 6.56. The fraction of sp³-hybridized carbons (Fsp3) is 0.571. The molecule has 1 aliphatic heterocycles. The maximum Gasteiger partial charge on any atom is 0.179 e. The van der Waals surface area contributed by atoms with E-state index >= 15 is 0 Å². The largest absolute Gasteiger partial charge is 0.373 e. The summed E-state index contributed by atoms with van der Waals surface area (Å²) < 4.78 is 31.1. The summed E-state index contributed by atoms with van der Waals surface area (Å²) in [5, 5.41) is 0. The highest BCUT2D eigenvalue weighted by atomic mass is 79.9. The Morgan fingerprint density at radius 2 is 1.75 bits per heavy atom. The maximum atomic E-state index is 12.3. The Kier molecular flexibility index (Phi) is 5.23.